The van der Waals surface area contributed by atoms with Crippen molar-refractivity contribution in [1.29, 1.82) is 0 Å². The number of amides is 2. The molecule has 0 aliphatic carbocycles. The Morgan fingerprint density at radius 1 is 0.875 bits per heavy atom. The molecule has 1 unspecified atom stereocenters. The van der Waals surface area contributed by atoms with E-state index in [0.29, 0.717) is 74.5 Å². The molecule has 0 spiro atoms. The van der Waals surface area contributed by atoms with E-state index >= 15 is 0 Å². The maximum atomic E-state index is 13.3. The highest BCUT2D eigenvalue weighted by molar-refractivity contribution is 5.96. The highest BCUT2D eigenvalue weighted by Gasteiger charge is 2.32. The summed E-state index contributed by atoms with van der Waals surface area (Å²) in [6.45, 7) is 12.2. The first-order valence-corrected chi connectivity index (χ1v) is 12.1. The van der Waals surface area contributed by atoms with Gasteiger partial charge in [-0.1, -0.05) is 6.92 Å². The van der Waals surface area contributed by atoms with Crippen molar-refractivity contribution in [3.05, 3.63) is 17.7 Å². The molecule has 1 aromatic rings. The molecule has 0 saturated carbocycles. The number of carbonyl (C=O) groups is 2. The van der Waals surface area contributed by atoms with Gasteiger partial charge in [0.25, 0.3) is 5.91 Å². The molecule has 32 heavy (non-hydrogen) atoms. The minimum atomic E-state index is -0.0625. The normalized spacial score (nSPS) is 19.6. The molecule has 7 heteroatoms. The van der Waals surface area contributed by atoms with Gasteiger partial charge in [0, 0.05) is 37.7 Å². The molecule has 1 atom stereocenters. The van der Waals surface area contributed by atoms with Gasteiger partial charge < -0.3 is 24.0 Å². The highest BCUT2D eigenvalue weighted by Crippen LogP contribution is 2.39. The lowest BCUT2D eigenvalue weighted by molar-refractivity contribution is -0.138. The molecule has 0 bridgehead atoms. The quantitative estimate of drug-likeness (QED) is 0.604. The van der Waals surface area contributed by atoms with Crippen LogP contribution in [0.15, 0.2) is 12.1 Å². The van der Waals surface area contributed by atoms with E-state index in [2.05, 4.69) is 6.92 Å². The average Bonchev–Trinajstić information content (AvgIpc) is 2.80. The number of hydrogen-bond acceptors (Lipinski definition) is 5. The number of nitrogens with zero attached hydrogens (tertiary/aromatic N) is 2. The summed E-state index contributed by atoms with van der Waals surface area (Å²) in [6.07, 6.45) is 3.71. The third-order valence-electron chi connectivity index (χ3n) is 6.26. The van der Waals surface area contributed by atoms with Gasteiger partial charge in [0.2, 0.25) is 11.7 Å². The van der Waals surface area contributed by atoms with E-state index < -0.39 is 0 Å². The van der Waals surface area contributed by atoms with E-state index in [-0.39, 0.29) is 17.7 Å². The first-order chi connectivity index (χ1) is 15.5. The zero-order valence-electron chi connectivity index (χ0n) is 20.0. The molecule has 1 aromatic carbocycles. The van der Waals surface area contributed by atoms with Crippen molar-refractivity contribution in [2.45, 2.75) is 53.4 Å². The van der Waals surface area contributed by atoms with E-state index in [1.165, 1.54) is 6.42 Å². The predicted molar refractivity (Wildman–Crippen MR) is 124 cm³/mol. The summed E-state index contributed by atoms with van der Waals surface area (Å²) in [5.74, 6) is 2.37. The SMILES string of the molecule is CCOc1cc(C(=O)N2CCC(C(=O)N3CCCC(C)C3)CC2)cc(OCC)c1OCC. The van der Waals surface area contributed by atoms with Crippen molar-refractivity contribution in [3.63, 3.8) is 0 Å². The molecule has 2 aliphatic rings. The van der Waals surface area contributed by atoms with Crippen LogP contribution in [0.5, 0.6) is 17.2 Å². The molecule has 2 fully saturated rings. The summed E-state index contributed by atoms with van der Waals surface area (Å²) < 4.78 is 17.2. The second-order valence-electron chi connectivity index (χ2n) is 8.70. The van der Waals surface area contributed by atoms with Crippen molar-refractivity contribution < 1.29 is 23.8 Å². The molecule has 0 aromatic heterocycles. The highest BCUT2D eigenvalue weighted by atomic mass is 16.5. The maximum Gasteiger partial charge on any atom is 0.254 e. The minimum absolute atomic E-state index is 0.0163. The fourth-order valence-corrected chi connectivity index (χ4v) is 4.67. The number of ether oxygens (including phenoxy) is 3. The average molecular weight is 447 g/mol. The molecular weight excluding hydrogens is 408 g/mol. The lowest BCUT2D eigenvalue weighted by Gasteiger charge is -2.37. The molecule has 3 rings (SSSR count). The molecule has 2 amide bonds. The van der Waals surface area contributed by atoms with Crippen LogP contribution in [0.4, 0.5) is 0 Å². The minimum Gasteiger partial charge on any atom is -0.490 e. The first-order valence-electron chi connectivity index (χ1n) is 12.1. The van der Waals surface area contributed by atoms with Gasteiger partial charge in [0.1, 0.15) is 0 Å². The number of piperidine rings is 2. The summed E-state index contributed by atoms with van der Waals surface area (Å²) in [5, 5.41) is 0. The lowest BCUT2D eigenvalue weighted by atomic mass is 9.92. The Kier molecular flexibility index (Phi) is 8.65. The molecule has 0 N–H and O–H groups in total. The van der Waals surface area contributed by atoms with Gasteiger partial charge in [-0.15, -0.1) is 0 Å². The van der Waals surface area contributed by atoms with E-state index in [1.54, 1.807) is 12.1 Å². The Labute approximate surface area is 192 Å². The van der Waals surface area contributed by atoms with E-state index in [1.807, 2.05) is 30.6 Å². The Hall–Kier alpha value is -2.44. The number of benzene rings is 1. The van der Waals surface area contributed by atoms with Crippen LogP contribution in [0.2, 0.25) is 0 Å². The van der Waals surface area contributed by atoms with Gasteiger partial charge in [-0.2, -0.15) is 0 Å². The van der Waals surface area contributed by atoms with Gasteiger partial charge in [-0.3, -0.25) is 9.59 Å². The number of hydrogen-bond donors (Lipinski definition) is 0. The Bertz CT molecular complexity index is 762. The molecule has 7 nitrogen and oxygen atoms in total. The Balaban J connectivity index is 1.69. The van der Waals surface area contributed by atoms with Gasteiger partial charge in [0.05, 0.1) is 19.8 Å². The third-order valence-corrected chi connectivity index (χ3v) is 6.26. The fraction of sp³-hybridized carbons (Fsp3) is 0.680. The summed E-state index contributed by atoms with van der Waals surface area (Å²) in [5.41, 5.74) is 0.523. The van der Waals surface area contributed by atoms with E-state index in [0.717, 1.165) is 19.5 Å². The van der Waals surface area contributed by atoms with Crippen LogP contribution in [0.25, 0.3) is 0 Å². The molecule has 2 saturated heterocycles. The zero-order valence-corrected chi connectivity index (χ0v) is 20.0. The number of rotatable bonds is 8. The predicted octanol–water partition coefficient (Wildman–Crippen LogP) is 3.99. The summed E-state index contributed by atoms with van der Waals surface area (Å²) >= 11 is 0. The summed E-state index contributed by atoms with van der Waals surface area (Å²) in [6, 6.07) is 3.48. The van der Waals surface area contributed by atoms with Crippen LogP contribution in [0.3, 0.4) is 0 Å². The van der Waals surface area contributed by atoms with Crippen molar-refractivity contribution in [2.75, 3.05) is 46.0 Å². The Morgan fingerprint density at radius 3 is 2.00 bits per heavy atom. The fourth-order valence-electron chi connectivity index (χ4n) is 4.67. The molecule has 0 radical (unpaired) electrons. The second-order valence-corrected chi connectivity index (χ2v) is 8.70. The maximum absolute atomic E-state index is 13.3. The molecule has 2 heterocycles. The van der Waals surface area contributed by atoms with Crippen LogP contribution < -0.4 is 14.2 Å². The molecular formula is C25H38N2O5. The molecule has 2 aliphatic heterocycles. The van der Waals surface area contributed by atoms with Crippen molar-refractivity contribution in [3.8, 4) is 17.2 Å². The number of carbonyl (C=O) groups excluding carboxylic acids is 2. The van der Waals surface area contributed by atoms with Crippen molar-refractivity contribution in [1.82, 2.24) is 9.80 Å². The zero-order chi connectivity index (χ0) is 23.1. The lowest BCUT2D eigenvalue weighted by Crippen LogP contribution is -2.47. The van der Waals surface area contributed by atoms with Gasteiger partial charge in [-0.25, -0.2) is 0 Å². The van der Waals surface area contributed by atoms with Gasteiger partial charge >= 0.3 is 0 Å². The topological polar surface area (TPSA) is 68.3 Å². The standard InChI is InChI=1S/C25H38N2O5/c1-5-30-21-15-20(16-22(31-6-2)23(21)32-7-3)25(29)26-13-10-19(11-14-26)24(28)27-12-8-9-18(4)17-27/h15-16,18-19H,5-14,17H2,1-4H3. The largest absolute Gasteiger partial charge is 0.490 e. The van der Waals surface area contributed by atoms with Crippen LogP contribution in [-0.2, 0) is 4.79 Å². The van der Waals surface area contributed by atoms with Gasteiger partial charge in [0.15, 0.2) is 11.5 Å². The van der Waals surface area contributed by atoms with Crippen LogP contribution in [0, 0.1) is 11.8 Å². The van der Waals surface area contributed by atoms with E-state index in [9.17, 15) is 9.59 Å². The molecule has 178 valence electrons. The van der Waals surface area contributed by atoms with Crippen molar-refractivity contribution >= 4 is 11.8 Å². The Morgan fingerprint density at radius 2 is 1.47 bits per heavy atom. The van der Waals surface area contributed by atoms with Crippen LogP contribution >= 0.6 is 0 Å². The summed E-state index contributed by atoms with van der Waals surface area (Å²) in [4.78, 5) is 30.1. The van der Waals surface area contributed by atoms with Crippen molar-refractivity contribution in [2.24, 2.45) is 11.8 Å². The van der Waals surface area contributed by atoms with Gasteiger partial charge in [-0.05, 0) is 64.5 Å². The second kappa shape index (κ2) is 11.4. The smallest absolute Gasteiger partial charge is 0.254 e. The monoisotopic (exact) mass is 446 g/mol. The van der Waals surface area contributed by atoms with E-state index in [4.69, 9.17) is 14.2 Å². The number of likely N-dealkylation sites (tertiary alicyclic amines) is 2. The first kappa shape index (κ1) is 24.2. The van der Waals surface area contributed by atoms with Crippen LogP contribution in [0.1, 0.15) is 63.7 Å². The van der Waals surface area contributed by atoms with Crippen LogP contribution in [-0.4, -0.2) is 67.6 Å². The third kappa shape index (κ3) is 5.67. The summed E-state index contributed by atoms with van der Waals surface area (Å²) in [7, 11) is 0.